The fourth-order valence-corrected chi connectivity index (χ4v) is 2.53. The molecule has 0 saturated carbocycles. The maximum absolute atomic E-state index is 12.4. The van der Waals surface area contributed by atoms with Crippen molar-refractivity contribution in [1.29, 1.82) is 0 Å². The zero-order valence-corrected chi connectivity index (χ0v) is 15.2. The van der Waals surface area contributed by atoms with Crippen molar-refractivity contribution >= 4 is 18.2 Å². The number of amides is 2. The molecular formula is C18H24N2O6. The molecule has 8 nitrogen and oxygen atoms in total. The fourth-order valence-electron chi connectivity index (χ4n) is 2.53. The van der Waals surface area contributed by atoms with Gasteiger partial charge in [0.1, 0.15) is 12.2 Å². The molecule has 1 atom stereocenters. The molecule has 0 spiro atoms. The summed E-state index contributed by atoms with van der Waals surface area (Å²) in [6.45, 7) is 5.33. The normalized spacial score (nSPS) is 17.6. The van der Waals surface area contributed by atoms with E-state index < -0.39 is 29.8 Å². The Labute approximate surface area is 152 Å². The number of ether oxygens (including phenoxy) is 2. The smallest absolute Gasteiger partial charge is 0.410 e. The second-order valence-corrected chi connectivity index (χ2v) is 7.01. The minimum Gasteiger partial charge on any atom is -0.465 e. The third kappa shape index (κ3) is 5.37. The van der Waals surface area contributed by atoms with E-state index in [9.17, 15) is 19.5 Å². The van der Waals surface area contributed by atoms with Gasteiger partial charge >= 0.3 is 18.2 Å². The Morgan fingerprint density at radius 3 is 2.38 bits per heavy atom. The van der Waals surface area contributed by atoms with Crippen molar-refractivity contribution in [3.05, 3.63) is 35.9 Å². The van der Waals surface area contributed by atoms with Crippen LogP contribution in [0, 0.1) is 0 Å². The van der Waals surface area contributed by atoms with Gasteiger partial charge in [0.2, 0.25) is 0 Å². The summed E-state index contributed by atoms with van der Waals surface area (Å²) in [4.78, 5) is 38.4. The van der Waals surface area contributed by atoms with E-state index in [2.05, 4.69) is 0 Å². The van der Waals surface area contributed by atoms with Crippen LogP contribution in [0.4, 0.5) is 9.59 Å². The molecule has 0 bridgehead atoms. The summed E-state index contributed by atoms with van der Waals surface area (Å²) < 4.78 is 10.6. The van der Waals surface area contributed by atoms with Gasteiger partial charge in [-0.05, 0) is 26.3 Å². The van der Waals surface area contributed by atoms with E-state index in [4.69, 9.17) is 9.47 Å². The van der Waals surface area contributed by atoms with E-state index >= 15 is 0 Å². The highest BCUT2D eigenvalue weighted by Crippen LogP contribution is 2.17. The van der Waals surface area contributed by atoms with Gasteiger partial charge in [-0.1, -0.05) is 30.3 Å². The summed E-state index contributed by atoms with van der Waals surface area (Å²) in [5.41, 5.74) is 0.118. The number of carbonyl (C=O) groups excluding carboxylic acids is 2. The standard InChI is InChI=1S/C18H24N2O6/c1-18(2,3)26-17(24)19-9-10-20(16(22)23)14(11-19)15(21)25-12-13-7-5-4-6-8-13/h4-8,14H,9-12H2,1-3H3,(H,22,23). The van der Waals surface area contributed by atoms with Gasteiger partial charge in [0.15, 0.2) is 6.04 Å². The molecule has 8 heteroatoms. The highest BCUT2D eigenvalue weighted by Gasteiger charge is 2.39. The van der Waals surface area contributed by atoms with E-state index in [1.165, 1.54) is 4.90 Å². The molecule has 1 N–H and O–H groups in total. The highest BCUT2D eigenvalue weighted by molar-refractivity contribution is 5.82. The maximum Gasteiger partial charge on any atom is 0.410 e. The van der Waals surface area contributed by atoms with E-state index in [1.807, 2.05) is 18.2 Å². The number of hydrogen-bond donors (Lipinski definition) is 1. The summed E-state index contributed by atoms with van der Waals surface area (Å²) in [6, 6.07) is 8.00. The van der Waals surface area contributed by atoms with Gasteiger partial charge < -0.3 is 19.5 Å². The molecule has 1 unspecified atom stereocenters. The first-order valence-electron chi connectivity index (χ1n) is 8.35. The van der Waals surface area contributed by atoms with Crippen molar-refractivity contribution in [3.8, 4) is 0 Å². The molecule has 0 aliphatic carbocycles. The number of benzene rings is 1. The number of esters is 1. The summed E-state index contributed by atoms with van der Waals surface area (Å²) in [5, 5.41) is 9.34. The molecule has 26 heavy (non-hydrogen) atoms. The topological polar surface area (TPSA) is 96.4 Å². The lowest BCUT2D eigenvalue weighted by atomic mass is 10.1. The molecule has 2 rings (SSSR count). The van der Waals surface area contributed by atoms with Gasteiger partial charge in [-0.3, -0.25) is 4.90 Å². The summed E-state index contributed by atoms with van der Waals surface area (Å²) in [6.07, 6.45) is -1.81. The zero-order valence-electron chi connectivity index (χ0n) is 15.2. The van der Waals surface area contributed by atoms with Crippen LogP contribution in [-0.2, 0) is 20.9 Å². The monoisotopic (exact) mass is 364 g/mol. The average Bonchev–Trinajstić information content (AvgIpc) is 2.58. The molecule has 142 valence electrons. The second-order valence-electron chi connectivity index (χ2n) is 7.01. The molecule has 1 aliphatic rings. The molecule has 1 aromatic rings. The predicted molar refractivity (Wildman–Crippen MR) is 92.6 cm³/mol. The largest absolute Gasteiger partial charge is 0.465 e. The number of carboxylic acid groups (broad SMARTS) is 1. The number of piperazine rings is 1. The van der Waals surface area contributed by atoms with Gasteiger partial charge in [0.05, 0.1) is 6.54 Å². The van der Waals surface area contributed by atoms with Crippen LogP contribution in [0.15, 0.2) is 30.3 Å². The molecular weight excluding hydrogens is 340 g/mol. The SMILES string of the molecule is CC(C)(C)OC(=O)N1CCN(C(=O)O)C(C(=O)OCc2ccccc2)C1. The lowest BCUT2D eigenvalue weighted by molar-refractivity contribution is -0.152. The lowest BCUT2D eigenvalue weighted by Crippen LogP contribution is -2.59. The first-order chi connectivity index (χ1) is 12.2. The van der Waals surface area contributed by atoms with Crippen molar-refractivity contribution < 1.29 is 29.0 Å². The predicted octanol–water partition coefficient (Wildman–Crippen LogP) is 2.33. The molecule has 2 amide bonds. The van der Waals surface area contributed by atoms with Gasteiger partial charge in [-0.25, -0.2) is 14.4 Å². The van der Waals surface area contributed by atoms with Crippen LogP contribution < -0.4 is 0 Å². The maximum atomic E-state index is 12.4. The zero-order chi connectivity index (χ0) is 19.3. The third-order valence-corrected chi connectivity index (χ3v) is 3.77. The van der Waals surface area contributed by atoms with E-state index in [0.717, 1.165) is 10.5 Å². The third-order valence-electron chi connectivity index (χ3n) is 3.77. The summed E-state index contributed by atoms with van der Waals surface area (Å²) in [7, 11) is 0. The van der Waals surface area contributed by atoms with Crippen LogP contribution >= 0.6 is 0 Å². The minimum atomic E-state index is -1.23. The molecule has 1 aliphatic heterocycles. The van der Waals surface area contributed by atoms with Crippen LogP contribution in [0.5, 0.6) is 0 Å². The number of nitrogens with zero attached hydrogens (tertiary/aromatic N) is 2. The fraction of sp³-hybridized carbons (Fsp3) is 0.500. The van der Waals surface area contributed by atoms with E-state index in [-0.39, 0.29) is 26.2 Å². The van der Waals surface area contributed by atoms with Crippen molar-refractivity contribution in [2.75, 3.05) is 19.6 Å². The number of rotatable bonds is 3. The van der Waals surface area contributed by atoms with Crippen LogP contribution in [0.3, 0.4) is 0 Å². The van der Waals surface area contributed by atoms with Gasteiger partial charge in [-0.15, -0.1) is 0 Å². The lowest BCUT2D eigenvalue weighted by Gasteiger charge is -2.38. The summed E-state index contributed by atoms with van der Waals surface area (Å²) >= 11 is 0. The van der Waals surface area contributed by atoms with Crippen LogP contribution in [0.2, 0.25) is 0 Å². The molecule has 1 heterocycles. The van der Waals surface area contributed by atoms with Crippen molar-refractivity contribution in [1.82, 2.24) is 9.80 Å². The first-order valence-corrected chi connectivity index (χ1v) is 8.35. The van der Waals surface area contributed by atoms with Crippen LogP contribution in [-0.4, -0.2) is 64.3 Å². The Kier molecular flexibility index (Phi) is 6.07. The van der Waals surface area contributed by atoms with Crippen molar-refractivity contribution in [2.24, 2.45) is 0 Å². The Morgan fingerprint density at radius 1 is 1.15 bits per heavy atom. The van der Waals surface area contributed by atoms with E-state index in [0.29, 0.717) is 0 Å². The first kappa shape index (κ1) is 19.6. The average molecular weight is 364 g/mol. The summed E-state index contributed by atoms with van der Waals surface area (Å²) in [5.74, 6) is -0.690. The quantitative estimate of drug-likeness (QED) is 0.827. The van der Waals surface area contributed by atoms with Gasteiger partial charge in [0, 0.05) is 13.1 Å². The number of carbonyl (C=O) groups is 3. The number of hydrogen-bond acceptors (Lipinski definition) is 5. The Morgan fingerprint density at radius 2 is 1.81 bits per heavy atom. The molecule has 1 saturated heterocycles. The molecule has 0 radical (unpaired) electrons. The van der Waals surface area contributed by atoms with E-state index in [1.54, 1.807) is 32.9 Å². The van der Waals surface area contributed by atoms with Crippen molar-refractivity contribution in [2.45, 2.75) is 39.0 Å². The Balaban J connectivity index is 2.04. The minimum absolute atomic E-state index is 0.0136. The van der Waals surface area contributed by atoms with Gasteiger partial charge in [-0.2, -0.15) is 0 Å². The molecule has 1 fully saturated rings. The van der Waals surface area contributed by atoms with Crippen LogP contribution in [0.25, 0.3) is 0 Å². The van der Waals surface area contributed by atoms with Crippen molar-refractivity contribution in [3.63, 3.8) is 0 Å². The molecule has 0 aromatic heterocycles. The van der Waals surface area contributed by atoms with Crippen LogP contribution in [0.1, 0.15) is 26.3 Å². The molecule has 1 aromatic carbocycles. The van der Waals surface area contributed by atoms with Gasteiger partial charge in [0.25, 0.3) is 0 Å². The second kappa shape index (κ2) is 8.07. The Bertz CT molecular complexity index is 655. The Hall–Kier alpha value is -2.77. The highest BCUT2D eigenvalue weighted by atomic mass is 16.6.